The number of aromatic nitrogens is 5. The number of pyridine rings is 1. The number of rotatable bonds is 24. The van der Waals surface area contributed by atoms with Crippen molar-refractivity contribution in [3.05, 3.63) is 118 Å². The number of ether oxygens (including phenoxy) is 6. The van der Waals surface area contributed by atoms with Crippen molar-refractivity contribution in [3.63, 3.8) is 0 Å². The number of sulfonamides is 2. The number of hydrogen-bond donors (Lipinski definition) is 10. The third kappa shape index (κ3) is 26.8. The number of nitrogens with zero attached hydrogens (tertiary/aromatic N) is 5. The lowest BCUT2D eigenvalue weighted by atomic mass is 10.2. The Morgan fingerprint density at radius 1 is 0.663 bits per heavy atom. The van der Waals surface area contributed by atoms with Crippen molar-refractivity contribution in [3.8, 4) is 35.0 Å². The van der Waals surface area contributed by atoms with Crippen LogP contribution < -0.4 is 49.1 Å². The van der Waals surface area contributed by atoms with Gasteiger partial charge in [-0.15, -0.1) is 0 Å². The van der Waals surface area contributed by atoms with Gasteiger partial charge in [0.2, 0.25) is 35.4 Å². The van der Waals surface area contributed by atoms with Gasteiger partial charge in [-0.3, -0.25) is 25.3 Å². The van der Waals surface area contributed by atoms with Crippen LogP contribution in [0.15, 0.2) is 106 Å². The van der Waals surface area contributed by atoms with Crippen LogP contribution in [0.3, 0.4) is 0 Å². The predicted octanol–water partition coefficient (Wildman–Crippen LogP) is 6.31. The Morgan fingerprint density at radius 3 is 1.65 bits per heavy atom. The molecule has 518 valence electrons. The zero-order chi connectivity index (χ0) is 72.0. The fraction of sp³-hybridized carbons (Fsp3) is 0.229. The van der Waals surface area contributed by atoms with Crippen molar-refractivity contribution in [2.45, 2.75) is 54.2 Å². The summed E-state index contributed by atoms with van der Waals surface area (Å²) >= 11 is 11.7. The van der Waals surface area contributed by atoms with Crippen LogP contribution >= 0.6 is 30.8 Å². The summed E-state index contributed by atoms with van der Waals surface area (Å²) in [6, 6.07) is 12.0. The number of urea groups is 2. The molecule has 0 fully saturated rings. The van der Waals surface area contributed by atoms with Gasteiger partial charge in [0.25, 0.3) is 20.0 Å². The molecule has 0 saturated heterocycles. The van der Waals surface area contributed by atoms with Gasteiger partial charge >= 0.3 is 62.9 Å². The van der Waals surface area contributed by atoms with E-state index in [0.717, 1.165) is 49.5 Å². The highest BCUT2D eigenvalue weighted by molar-refractivity contribution is 7.93. The maximum Gasteiger partial charge on any atom is 0.416 e. The summed E-state index contributed by atoms with van der Waals surface area (Å²) in [6.07, 6.45) is -5.46. The van der Waals surface area contributed by atoms with E-state index in [1.807, 2.05) is 0 Å². The minimum Gasteiger partial charge on any atom is -0.481 e. The van der Waals surface area contributed by atoms with Gasteiger partial charge in [0, 0.05) is 6.20 Å². The average Bonchev–Trinajstić information content (AvgIpc) is 0.788. The molecule has 6 rings (SSSR count). The van der Waals surface area contributed by atoms with Crippen LogP contribution in [0.2, 0.25) is 10.0 Å². The first-order valence-corrected chi connectivity index (χ1v) is 31.9. The minimum atomic E-state index is -4.71. The summed E-state index contributed by atoms with van der Waals surface area (Å²) in [7, 11) is -14.7. The highest BCUT2D eigenvalue weighted by Crippen LogP contribution is 2.37. The van der Waals surface area contributed by atoms with E-state index in [9.17, 15) is 89.3 Å². The number of alkyl halides is 7. The van der Waals surface area contributed by atoms with Gasteiger partial charge in [0.15, 0.2) is 21.0 Å². The average molecular weight is 1480 g/mol. The van der Waals surface area contributed by atoms with Crippen LogP contribution in [0.4, 0.5) is 52.2 Å². The molecule has 0 saturated carbocycles. The second-order valence-corrected chi connectivity index (χ2v) is 24.9. The Bertz CT molecular complexity index is 4120. The first-order valence-electron chi connectivity index (χ1n) is 24.7. The van der Waals surface area contributed by atoms with E-state index < -0.39 is 155 Å². The van der Waals surface area contributed by atoms with Crippen molar-refractivity contribution >= 4 is 109 Å². The van der Waals surface area contributed by atoms with E-state index in [1.54, 1.807) is 10.0 Å². The highest BCUT2D eigenvalue weighted by Gasteiger charge is 2.32. The molecule has 0 spiro atoms. The number of aliphatic carboxylic acids is 2. The molecule has 3 aromatic carbocycles. The smallest absolute Gasteiger partial charge is 0.416 e. The quantitative estimate of drug-likeness (QED) is 0.0180. The molecule has 34 nitrogen and oxygen atoms in total. The fourth-order valence-electron chi connectivity index (χ4n) is 6.08. The first-order chi connectivity index (χ1) is 44.0. The van der Waals surface area contributed by atoms with Gasteiger partial charge < -0.3 is 53.5 Å². The summed E-state index contributed by atoms with van der Waals surface area (Å²) in [6.45, 7) is -4.74. The van der Waals surface area contributed by atoms with Crippen LogP contribution in [0.1, 0.15) is 40.1 Å². The Labute approximate surface area is 539 Å². The van der Waals surface area contributed by atoms with E-state index >= 15 is 0 Å². The molecule has 0 radical (unpaired) electrons. The first kappa shape index (κ1) is 79.7. The van der Waals surface area contributed by atoms with E-state index in [-0.39, 0.29) is 50.6 Å². The van der Waals surface area contributed by atoms with Crippen molar-refractivity contribution in [1.29, 1.82) is 0 Å². The largest absolute Gasteiger partial charge is 0.481 e. The number of carboxylic acids is 3. The van der Waals surface area contributed by atoms with Crippen molar-refractivity contribution < 1.29 is 143 Å². The number of aromatic carboxylic acids is 1. The van der Waals surface area contributed by atoms with Crippen molar-refractivity contribution in [2.75, 3.05) is 43.4 Å². The number of hydrogen-bond acceptors (Lipinski definition) is 25. The van der Waals surface area contributed by atoms with E-state index in [0.29, 0.717) is 12.1 Å². The molecule has 10 N–H and O–H groups in total. The summed E-state index contributed by atoms with van der Waals surface area (Å²) in [5.41, 5.74) is -1.76. The van der Waals surface area contributed by atoms with Crippen molar-refractivity contribution in [2.24, 2.45) is 0 Å². The Kier molecular flexibility index (Phi) is 29.4. The van der Waals surface area contributed by atoms with Gasteiger partial charge in [-0.2, -0.15) is 59.1 Å². The molecule has 3 heterocycles. The van der Waals surface area contributed by atoms with Crippen LogP contribution in [-0.2, 0) is 55.0 Å². The molecule has 0 aliphatic carbocycles. The van der Waals surface area contributed by atoms with Gasteiger partial charge in [0.1, 0.15) is 21.3 Å². The molecule has 0 aliphatic rings. The Hall–Kier alpha value is -9.56. The number of benzene rings is 3. The van der Waals surface area contributed by atoms with E-state index in [1.165, 1.54) is 62.3 Å². The number of sulfone groups is 1. The number of nitrogens with one attached hydrogen (secondary N) is 5. The zero-order valence-corrected chi connectivity index (χ0v) is 52.7. The summed E-state index contributed by atoms with van der Waals surface area (Å²) in [4.78, 5) is 101. The minimum absolute atomic E-state index is 0.0246. The highest BCUT2D eigenvalue weighted by atomic mass is 35.5. The molecule has 0 aliphatic heterocycles. The van der Waals surface area contributed by atoms with Crippen LogP contribution in [0.5, 0.6) is 35.0 Å². The number of carboxylic acid groups (broad SMARTS) is 3. The molecule has 95 heavy (non-hydrogen) atoms. The monoisotopic (exact) mass is 1480 g/mol. The number of anilines is 2. The number of methoxy groups -OCH3 is 2. The molecule has 3 aromatic heterocycles. The molecule has 0 unspecified atom stereocenters. The SMILES string of the molecule is CCS(=O)(=O)c1cccnc1S(=O)(=O)NC(=O)Nc1nc(OC)cc(OC)n1.C[C@H](OC(=O)c1cc(Oc2ccc(C(F)(F)F)cc2Cl)ccc1Cl)C(=O)O.O=C(Nc1nc(OC(F)F)cc(OC(F)F)n1)NS(=O)(=O)c1ccccc1C(=O)O.O=C(O)CNCP(=O)(O)O. The number of halogens is 9. The van der Waals surface area contributed by atoms with Crippen LogP contribution in [-0.4, -0.2) is 163 Å². The second-order valence-electron chi connectivity index (χ2n) is 16.9. The summed E-state index contributed by atoms with van der Waals surface area (Å²) < 4.78 is 202. The predicted molar refractivity (Wildman–Crippen MR) is 308 cm³/mol. The zero-order valence-electron chi connectivity index (χ0n) is 47.8. The number of carbonyl (C=O) groups is 6. The maximum atomic E-state index is 12.7. The number of amides is 4. The maximum absolute atomic E-state index is 12.7. The molecule has 47 heteroatoms. The molecule has 4 amide bonds. The van der Waals surface area contributed by atoms with Gasteiger partial charge in [-0.05, 0) is 67.6 Å². The second kappa shape index (κ2) is 35.1. The van der Waals surface area contributed by atoms with Gasteiger partial charge in [-0.25, -0.2) is 55.2 Å². The van der Waals surface area contributed by atoms with E-state index in [2.05, 4.69) is 45.0 Å². The van der Waals surface area contributed by atoms with Crippen molar-refractivity contribution in [1.82, 2.24) is 39.7 Å². The molecule has 1 atom stereocenters. The fourth-order valence-corrected chi connectivity index (χ4v) is 10.6. The standard InChI is InChI=1S/C17H11Cl2F3O5.C14H10F4N4O7S.C14H17N5O7S2.C3H8NO5P/c1-8(15(23)24)26-16(25)11-7-10(3-4-12(11)18)27-14-5-2-9(6-13(14)19)17(20,21)22;15-11(16)28-8-5-9(29-12(17)18)20-13(19-8)21-14(25)22-30(26,27)7-4-2-1-3-6(7)10(23)24;1-4-27(21,22)9-6-5-7-15-12(9)28(23,24)19-14(20)18-13-16-10(25-2)8-11(17-13)26-3;5-3(6)1-4-2-10(7,8)9/h2-8H,1H3,(H,23,24);1-5,11-12H,(H,23,24)(H2,19,20,21,22,25);5-8H,4H2,1-3H3,(H2,16,17,18,19,20);4H,1-2H2,(H,5,6)(H2,7,8,9)/t8-;;;/m0.../s1. The van der Waals surface area contributed by atoms with Crippen LogP contribution in [0.25, 0.3) is 0 Å². The molecule has 6 aromatic rings. The lowest BCUT2D eigenvalue weighted by molar-refractivity contribution is -0.146. The van der Waals surface area contributed by atoms with Gasteiger partial charge in [-0.1, -0.05) is 42.3 Å². The topological polar surface area (TPSA) is 503 Å². The van der Waals surface area contributed by atoms with Crippen LogP contribution in [0, 0.1) is 0 Å². The normalized spacial score (nSPS) is 11.7. The molecule has 0 bridgehead atoms. The van der Waals surface area contributed by atoms with E-state index in [4.69, 9.17) is 67.3 Å². The Balaban J connectivity index is 0.000000346. The third-order valence-electron chi connectivity index (χ3n) is 10.1. The molecular formula is C48H46Cl2F7N10O24PS3. The Morgan fingerprint density at radius 2 is 1.18 bits per heavy atom. The summed E-state index contributed by atoms with van der Waals surface area (Å²) in [5, 5.41) is 30.6. The summed E-state index contributed by atoms with van der Waals surface area (Å²) in [5.74, 6) is -8.51. The van der Waals surface area contributed by atoms with Gasteiger partial charge in [0.05, 0.1) is 71.7 Å². The lowest BCUT2D eigenvalue weighted by Crippen LogP contribution is -2.36. The number of esters is 1. The molecular weight excluding hydrogens is 1430 g/mol. The lowest BCUT2D eigenvalue weighted by Gasteiger charge is -2.13. The number of carbonyl (C=O) groups excluding carboxylic acids is 3. The third-order valence-corrected chi connectivity index (χ3v) is 15.9.